The number of rotatable bonds is 6. The van der Waals surface area contributed by atoms with Crippen LogP contribution in [0.1, 0.15) is 19.4 Å². The zero-order chi connectivity index (χ0) is 12.9. The molecule has 17 heavy (non-hydrogen) atoms. The van der Waals surface area contributed by atoms with Gasteiger partial charge >= 0.3 is 0 Å². The summed E-state index contributed by atoms with van der Waals surface area (Å²) < 4.78 is 13.7. The molecule has 0 heterocycles. The molecular formula is C14H19BrFN. The van der Waals surface area contributed by atoms with Crippen molar-refractivity contribution >= 4 is 15.9 Å². The molecule has 3 heteroatoms. The van der Waals surface area contributed by atoms with Gasteiger partial charge in [0, 0.05) is 12.0 Å². The Morgan fingerprint density at radius 1 is 1.53 bits per heavy atom. The molecule has 1 unspecified atom stereocenters. The summed E-state index contributed by atoms with van der Waals surface area (Å²) in [5.74, 6) is -0.222. The lowest BCUT2D eigenvalue weighted by atomic mass is 9.83. The van der Waals surface area contributed by atoms with Crippen LogP contribution in [0.5, 0.6) is 0 Å². The van der Waals surface area contributed by atoms with Crippen LogP contribution in [0, 0.1) is 11.2 Å². The van der Waals surface area contributed by atoms with Crippen molar-refractivity contribution < 1.29 is 4.39 Å². The van der Waals surface area contributed by atoms with Crippen molar-refractivity contribution in [2.75, 3.05) is 13.1 Å². The van der Waals surface area contributed by atoms with Crippen molar-refractivity contribution in [3.05, 3.63) is 46.7 Å². The summed E-state index contributed by atoms with van der Waals surface area (Å²) in [6, 6.07) is 5.16. The Kier molecular flexibility index (Phi) is 5.34. The molecule has 1 N–H and O–H groups in total. The molecule has 0 aliphatic rings. The number of halogens is 2. The van der Waals surface area contributed by atoms with Crippen LogP contribution in [0.25, 0.3) is 0 Å². The summed E-state index contributed by atoms with van der Waals surface area (Å²) in [4.78, 5) is 0. The van der Waals surface area contributed by atoms with Gasteiger partial charge in [-0.25, -0.2) is 4.39 Å². The first-order valence-electron chi connectivity index (χ1n) is 5.79. The smallest absolute Gasteiger partial charge is 0.137 e. The number of benzene rings is 1. The van der Waals surface area contributed by atoms with Crippen molar-refractivity contribution in [3.63, 3.8) is 0 Å². The first-order chi connectivity index (χ1) is 8.00. The molecule has 0 spiro atoms. The van der Waals surface area contributed by atoms with Crippen LogP contribution >= 0.6 is 15.9 Å². The van der Waals surface area contributed by atoms with Gasteiger partial charge < -0.3 is 5.32 Å². The summed E-state index contributed by atoms with van der Waals surface area (Å²) in [5, 5.41) is 3.33. The summed E-state index contributed by atoms with van der Waals surface area (Å²) in [5.41, 5.74) is 1.10. The topological polar surface area (TPSA) is 12.0 Å². The van der Waals surface area contributed by atoms with E-state index >= 15 is 0 Å². The predicted octanol–water partition coefficient (Wildman–Crippen LogP) is 3.93. The second-order valence-electron chi connectivity index (χ2n) is 4.56. The van der Waals surface area contributed by atoms with Crippen LogP contribution in [-0.2, 0) is 6.42 Å². The van der Waals surface area contributed by atoms with Crippen molar-refractivity contribution in [2.45, 2.75) is 20.3 Å². The summed E-state index contributed by atoms with van der Waals surface area (Å²) in [6.45, 7) is 9.95. The van der Waals surface area contributed by atoms with Crippen LogP contribution < -0.4 is 5.32 Å². The molecule has 1 atom stereocenters. The summed E-state index contributed by atoms with van der Waals surface area (Å²) >= 11 is 3.21. The molecule has 0 amide bonds. The van der Waals surface area contributed by atoms with E-state index in [0.717, 1.165) is 25.1 Å². The fourth-order valence-electron chi connectivity index (χ4n) is 1.73. The normalized spacial score (nSPS) is 14.4. The molecule has 0 bridgehead atoms. The molecule has 0 saturated heterocycles. The van der Waals surface area contributed by atoms with Crippen LogP contribution in [0.4, 0.5) is 4.39 Å². The highest BCUT2D eigenvalue weighted by molar-refractivity contribution is 9.10. The van der Waals surface area contributed by atoms with E-state index in [1.54, 1.807) is 0 Å². The minimum atomic E-state index is -0.222. The van der Waals surface area contributed by atoms with Crippen LogP contribution in [0.2, 0.25) is 0 Å². The van der Waals surface area contributed by atoms with E-state index in [1.807, 2.05) is 18.2 Å². The van der Waals surface area contributed by atoms with Gasteiger partial charge in [-0.05, 0) is 46.6 Å². The largest absolute Gasteiger partial charge is 0.316 e. The molecule has 1 aromatic carbocycles. The molecule has 1 rings (SSSR count). The molecular weight excluding hydrogens is 281 g/mol. The Labute approximate surface area is 111 Å². The highest BCUT2D eigenvalue weighted by Gasteiger charge is 2.20. The van der Waals surface area contributed by atoms with Crippen molar-refractivity contribution in [1.29, 1.82) is 0 Å². The van der Waals surface area contributed by atoms with Gasteiger partial charge in [0.25, 0.3) is 0 Å². The zero-order valence-corrected chi connectivity index (χ0v) is 12.0. The Hall–Kier alpha value is -0.670. The van der Waals surface area contributed by atoms with E-state index in [2.05, 4.69) is 41.7 Å². The second-order valence-corrected chi connectivity index (χ2v) is 5.42. The molecule has 0 saturated carbocycles. The van der Waals surface area contributed by atoms with E-state index in [0.29, 0.717) is 4.47 Å². The van der Waals surface area contributed by atoms with Gasteiger partial charge in [-0.1, -0.05) is 26.0 Å². The fourth-order valence-corrected chi connectivity index (χ4v) is 2.16. The molecule has 1 aromatic rings. The third kappa shape index (κ3) is 4.25. The highest BCUT2D eigenvalue weighted by Crippen LogP contribution is 2.25. The summed E-state index contributed by atoms with van der Waals surface area (Å²) in [7, 11) is 0. The zero-order valence-electron chi connectivity index (χ0n) is 10.4. The minimum absolute atomic E-state index is 0.00667. The lowest BCUT2D eigenvalue weighted by molar-refractivity contribution is 0.395. The van der Waals surface area contributed by atoms with Crippen LogP contribution in [-0.4, -0.2) is 13.1 Å². The van der Waals surface area contributed by atoms with Gasteiger partial charge in [-0.3, -0.25) is 0 Å². The van der Waals surface area contributed by atoms with E-state index in [-0.39, 0.29) is 11.2 Å². The molecule has 0 aromatic heterocycles. The van der Waals surface area contributed by atoms with Crippen molar-refractivity contribution in [3.8, 4) is 0 Å². The summed E-state index contributed by atoms with van der Waals surface area (Å²) in [6.07, 6.45) is 2.81. The first-order valence-corrected chi connectivity index (χ1v) is 6.58. The van der Waals surface area contributed by atoms with Crippen LogP contribution in [0.15, 0.2) is 35.3 Å². The minimum Gasteiger partial charge on any atom is -0.316 e. The van der Waals surface area contributed by atoms with Crippen molar-refractivity contribution in [2.24, 2.45) is 5.41 Å². The average molecular weight is 300 g/mol. The average Bonchev–Trinajstić information content (AvgIpc) is 2.31. The van der Waals surface area contributed by atoms with Gasteiger partial charge in [-0.2, -0.15) is 0 Å². The Morgan fingerprint density at radius 2 is 2.24 bits per heavy atom. The molecule has 0 radical (unpaired) electrons. The molecule has 0 aliphatic carbocycles. The lowest BCUT2D eigenvalue weighted by Gasteiger charge is -2.26. The van der Waals surface area contributed by atoms with E-state index in [9.17, 15) is 4.39 Å². The first kappa shape index (κ1) is 14.4. The molecule has 94 valence electrons. The van der Waals surface area contributed by atoms with Gasteiger partial charge in [0.05, 0.1) is 4.47 Å². The second kappa shape index (κ2) is 6.31. The molecule has 0 fully saturated rings. The van der Waals surface area contributed by atoms with Crippen molar-refractivity contribution in [1.82, 2.24) is 5.32 Å². The standard InChI is InChI=1S/C14H19BrFN/c1-4-14(3,10-17-5-2)9-11-6-7-13(16)12(15)8-11/h4,6-8,17H,1,5,9-10H2,2-3H3. The van der Waals surface area contributed by atoms with Gasteiger partial charge in [0.2, 0.25) is 0 Å². The molecule has 0 aliphatic heterocycles. The Morgan fingerprint density at radius 3 is 2.76 bits per heavy atom. The maximum atomic E-state index is 13.1. The Balaban J connectivity index is 2.79. The number of hydrogen-bond donors (Lipinski definition) is 1. The van der Waals surface area contributed by atoms with Gasteiger partial charge in [-0.15, -0.1) is 6.58 Å². The lowest BCUT2D eigenvalue weighted by Crippen LogP contribution is -2.31. The van der Waals surface area contributed by atoms with Gasteiger partial charge in [0.15, 0.2) is 0 Å². The highest BCUT2D eigenvalue weighted by atomic mass is 79.9. The number of nitrogens with one attached hydrogen (secondary N) is 1. The number of hydrogen-bond acceptors (Lipinski definition) is 1. The van der Waals surface area contributed by atoms with E-state index < -0.39 is 0 Å². The Bertz CT molecular complexity index is 392. The van der Waals surface area contributed by atoms with E-state index in [1.165, 1.54) is 6.07 Å². The van der Waals surface area contributed by atoms with E-state index in [4.69, 9.17) is 0 Å². The maximum Gasteiger partial charge on any atom is 0.137 e. The SMILES string of the molecule is C=CC(C)(CNCC)Cc1ccc(F)c(Br)c1. The third-order valence-electron chi connectivity index (χ3n) is 2.86. The van der Waals surface area contributed by atoms with Gasteiger partial charge in [0.1, 0.15) is 5.82 Å². The maximum absolute atomic E-state index is 13.1. The molecule has 1 nitrogen and oxygen atoms in total. The van der Waals surface area contributed by atoms with Crippen LogP contribution in [0.3, 0.4) is 0 Å². The third-order valence-corrected chi connectivity index (χ3v) is 3.47. The predicted molar refractivity (Wildman–Crippen MR) is 74.7 cm³/mol. The fraction of sp³-hybridized carbons (Fsp3) is 0.429. The quantitative estimate of drug-likeness (QED) is 0.785. The monoisotopic (exact) mass is 299 g/mol.